The van der Waals surface area contributed by atoms with Crippen LogP contribution in [0.3, 0.4) is 0 Å². The molecule has 4 heteroatoms. The summed E-state index contributed by atoms with van der Waals surface area (Å²) in [5.74, 6) is 3.52. The first-order valence-corrected chi connectivity index (χ1v) is 10.2. The van der Waals surface area contributed by atoms with Gasteiger partial charge in [0, 0.05) is 12.5 Å². The summed E-state index contributed by atoms with van der Waals surface area (Å²) in [6, 6.07) is 14.5. The number of aromatic nitrogens is 2. The van der Waals surface area contributed by atoms with Crippen LogP contribution in [0, 0.1) is 0 Å². The number of hydrogen-bond donors (Lipinski definition) is 0. The Morgan fingerprint density at radius 1 is 1.14 bits per heavy atom. The van der Waals surface area contributed by atoms with Crippen molar-refractivity contribution in [3.8, 4) is 11.5 Å². The van der Waals surface area contributed by atoms with Crippen molar-refractivity contribution in [2.24, 2.45) is 0 Å². The molecule has 1 heterocycles. The van der Waals surface area contributed by atoms with Gasteiger partial charge in [0.2, 0.25) is 0 Å². The van der Waals surface area contributed by atoms with Gasteiger partial charge in [-0.15, -0.1) is 6.58 Å². The summed E-state index contributed by atoms with van der Waals surface area (Å²) >= 11 is 0. The van der Waals surface area contributed by atoms with E-state index in [1.165, 1.54) is 29.7 Å². The number of allylic oxidation sites excluding steroid dienone is 1. The van der Waals surface area contributed by atoms with E-state index in [9.17, 15) is 0 Å². The molecule has 28 heavy (non-hydrogen) atoms. The molecule has 1 aliphatic rings. The second kappa shape index (κ2) is 8.51. The Morgan fingerprint density at radius 3 is 2.79 bits per heavy atom. The third-order valence-corrected chi connectivity index (χ3v) is 5.27. The maximum atomic E-state index is 5.98. The summed E-state index contributed by atoms with van der Waals surface area (Å²) < 4.78 is 13.9. The van der Waals surface area contributed by atoms with Crippen LogP contribution in [0.25, 0.3) is 11.0 Å². The van der Waals surface area contributed by atoms with Crippen molar-refractivity contribution in [2.45, 2.75) is 44.6 Å². The summed E-state index contributed by atoms with van der Waals surface area (Å²) in [6.45, 7) is 5.46. The van der Waals surface area contributed by atoms with Crippen LogP contribution in [0.15, 0.2) is 55.1 Å². The van der Waals surface area contributed by atoms with Gasteiger partial charge >= 0.3 is 0 Å². The molecule has 0 spiro atoms. The highest BCUT2D eigenvalue weighted by atomic mass is 16.5. The molecule has 0 saturated heterocycles. The fraction of sp³-hybridized carbons (Fsp3) is 0.375. The molecule has 0 amide bonds. The number of imidazole rings is 1. The summed E-state index contributed by atoms with van der Waals surface area (Å²) in [5, 5.41) is 0. The van der Waals surface area contributed by atoms with Crippen LogP contribution in [0.5, 0.6) is 11.5 Å². The monoisotopic (exact) mass is 376 g/mol. The number of ether oxygens (including phenoxy) is 2. The van der Waals surface area contributed by atoms with Crippen molar-refractivity contribution in [1.82, 2.24) is 9.55 Å². The highest BCUT2D eigenvalue weighted by Crippen LogP contribution is 2.40. The van der Waals surface area contributed by atoms with E-state index >= 15 is 0 Å². The molecule has 1 fully saturated rings. The first-order valence-electron chi connectivity index (χ1n) is 10.2. The smallest absolute Gasteiger partial charge is 0.161 e. The predicted octanol–water partition coefficient (Wildman–Crippen LogP) is 5.51. The Labute approximate surface area is 166 Å². The lowest BCUT2D eigenvalue weighted by molar-refractivity contribution is 0.283. The molecule has 0 aliphatic heterocycles. The van der Waals surface area contributed by atoms with Crippen molar-refractivity contribution in [3.63, 3.8) is 0 Å². The number of methoxy groups -OCH3 is 1. The number of aryl methyl sites for hydroxylation is 1. The Balaban J connectivity index is 1.34. The fourth-order valence-electron chi connectivity index (χ4n) is 3.66. The molecule has 1 aromatic heterocycles. The molecule has 0 bridgehead atoms. The molecule has 0 atom stereocenters. The molecule has 4 rings (SSSR count). The van der Waals surface area contributed by atoms with Crippen LogP contribution in [0.2, 0.25) is 0 Å². The fourth-order valence-corrected chi connectivity index (χ4v) is 3.66. The van der Waals surface area contributed by atoms with Gasteiger partial charge in [-0.1, -0.05) is 24.3 Å². The third-order valence-electron chi connectivity index (χ3n) is 5.27. The molecule has 1 saturated carbocycles. The van der Waals surface area contributed by atoms with Crippen LogP contribution in [-0.4, -0.2) is 23.3 Å². The third kappa shape index (κ3) is 4.06. The number of hydrogen-bond acceptors (Lipinski definition) is 3. The molecular formula is C24H28N2O2. The molecule has 4 nitrogen and oxygen atoms in total. The second-order valence-corrected chi connectivity index (χ2v) is 7.42. The topological polar surface area (TPSA) is 36.3 Å². The van der Waals surface area contributed by atoms with Gasteiger partial charge < -0.3 is 14.0 Å². The largest absolute Gasteiger partial charge is 0.493 e. The van der Waals surface area contributed by atoms with E-state index in [1.807, 2.05) is 18.2 Å². The number of para-hydroxylation sites is 2. The molecule has 0 N–H and O–H groups in total. The zero-order valence-corrected chi connectivity index (χ0v) is 16.6. The highest BCUT2D eigenvalue weighted by Gasteiger charge is 2.29. The average Bonchev–Trinajstić information content (AvgIpc) is 3.50. The number of nitrogens with zero attached hydrogens (tertiary/aromatic N) is 2. The van der Waals surface area contributed by atoms with Crippen molar-refractivity contribution >= 4 is 11.0 Å². The van der Waals surface area contributed by atoms with Crippen molar-refractivity contribution in [2.75, 3.05) is 13.7 Å². The standard InChI is InChI=1S/C24H28N2O2/c1-3-8-18-11-14-22(23(17-18)27-2)28-16-7-6-15-26-21-10-5-4-9-20(21)25-24(26)19-12-13-19/h3-5,9-11,14,17,19H,1,6-8,12-13,15-16H2,2H3. The van der Waals surface area contributed by atoms with Crippen LogP contribution in [-0.2, 0) is 13.0 Å². The molecule has 3 aromatic rings. The van der Waals surface area contributed by atoms with Crippen molar-refractivity contribution in [1.29, 1.82) is 0 Å². The first kappa shape index (κ1) is 18.6. The van der Waals surface area contributed by atoms with Gasteiger partial charge in [0.05, 0.1) is 24.8 Å². The molecule has 1 aliphatic carbocycles. The van der Waals surface area contributed by atoms with Gasteiger partial charge in [0.25, 0.3) is 0 Å². The number of unbranched alkanes of at least 4 members (excludes halogenated alkanes) is 1. The molecule has 0 radical (unpaired) electrons. The van der Waals surface area contributed by atoms with Crippen LogP contribution in [0.1, 0.15) is 43.0 Å². The number of rotatable bonds is 10. The molecule has 2 aromatic carbocycles. The normalized spacial score (nSPS) is 13.6. The average molecular weight is 377 g/mol. The predicted molar refractivity (Wildman–Crippen MR) is 113 cm³/mol. The van der Waals surface area contributed by atoms with E-state index < -0.39 is 0 Å². The number of benzene rings is 2. The Hall–Kier alpha value is -2.75. The maximum Gasteiger partial charge on any atom is 0.161 e. The molecule has 146 valence electrons. The van der Waals surface area contributed by atoms with Gasteiger partial charge in [0.1, 0.15) is 5.82 Å². The van der Waals surface area contributed by atoms with Crippen molar-refractivity contribution in [3.05, 3.63) is 66.5 Å². The molecular weight excluding hydrogens is 348 g/mol. The lowest BCUT2D eigenvalue weighted by atomic mass is 10.1. The zero-order chi connectivity index (χ0) is 19.3. The van der Waals surface area contributed by atoms with Gasteiger partial charge in [-0.2, -0.15) is 0 Å². The van der Waals surface area contributed by atoms with E-state index in [4.69, 9.17) is 14.5 Å². The summed E-state index contributed by atoms with van der Waals surface area (Å²) in [7, 11) is 1.68. The zero-order valence-electron chi connectivity index (χ0n) is 16.6. The second-order valence-electron chi connectivity index (χ2n) is 7.42. The lowest BCUT2D eigenvalue weighted by Crippen LogP contribution is -2.06. The molecule has 0 unspecified atom stereocenters. The van der Waals surface area contributed by atoms with E-state index in [0.717, 1.165) is 42.8 Å². The Kier molecular flexibility index (Phi) is 5.65. The van der Waals surface area contributed by atoms with E-state index in [2.05, 4.69) is 41.5 Å². The van der Waals surface area contributed by atoms with Crippen LogP contribution in [0.4, 0.5) is 0 Å². The van der Waals surface area contributed by atoms with Crippen molar-refractivity contribution < 1.29 is 9.47 Å². The minimum Gasteiger partial charge on any atom is -0.493 e. The minimum atomic E-state index is 0.655. The SMILES string of the molecule is C=CCc1ccc(OCCCCn2c(C3CC3)nc3ccccc32)c(OC)c1. The van der Waals surface area contributed by atoms with Crippen LogP contribution < -0.4 is 9.47 Å². The summed E-state index contributed by atoms with van der Waals surface area (Å²) in [5.41, 5.74) is 3.55. The maximum absolute atomic E-state index is 5.98. The lowest BCUT2D eigenvalue weighted by Gasteiger charge is -2.12. The van der Waals surface area contributed by atoms with Crippen LogP contribution >= 0.6 is 0 Å². The Morgan fingerprint density at radius 2 is 2.00 bits per heavy atom. The first-order chi connectivity index (χ1) is 13.8. The van der Waals surface area contributed by atoms with E-state index in [-0.39, 0.29) is 0 Å². The summed E-state index contributed by atoms with van der Waals surface area (Å²) in [4.78, 5) is 4.88. The van der Waals surface area contributed by atoms with Gasteiger partial charge in [-0.25, -0.2) is 4.98 Å². The van der Waals surface area contributed by atoms with Gasteiger partial charge in [0.15, 0.2) is 11.5 Å². The minimum absolute atomic E-state index is 0.655. The van der Waals surface area contributed by atoms with E-state index in [1.54, 1.807) is 7.11 Å². The number of fused-ring (bicyclic) bond motifs is 1. The van der Waals surface area contributed by atoms with E-state index in [0.29, 0.717) is 12.5 Å². The highest BCUT2D eigenvalue weighted by molar-refractivity contribution is 5.76. The quantitative estimate of drug-likeness (QED) is 0.346. The van der Waals surface area contributed by atoms with Gasteiger partial charge in [-0.05, 0) is 61.9 Å². The Bertz CT molecular complexity index is 956. The van der Waals surface area contributed by atoms with Gasteiger partial charge in [-0.3, -0.25) is 0 Å². The summed E-state index contributed by atoms with van der Waals surface area (Å²) in [6.07, 6.45) is 7.33.